The Kier molecular flexibility index (Phi) is 3.54. The van der Waals surface area contributed by atoms with E-state index >= 15 is 0 Å². The lowest BCUT2D eigenvalue weighted by Gasteiger charge is -2.23. The van der Waals surface area contributed by atoms with Gasteiger partial charge in [0.05, 0.1) is 6.10 Å². The van der Waals surface area contributed by atoms with E-state index in [2.05, 4.69) is 25.7 Å². The Balaban J connectivity index is 1.83. The molecule has 2 unspecified atom stereocenters. The Morgan fingerprint density at radius 3 is 2.53 bits per heavy atom. The third-order valence-electron chi connectivity index (χ3n) is 2.76. The predicted octanol–water partition coefficient (Wildman–Crippen LogP) is 2.80. The van der Waals surface area contributed by atoms with E-state index in [1.807, 2.05) is 12.2 Å². The summed E-state index contributed by atoms with van der Waals surface area (Å²) in [6.07, 6.45) is 8.37. The van der Waals surface area contributed by atoms with Gasteiger partial charge in [-0.25, -0.2) is 0 Å². The quantitative estimate of drug-likeness (QED) is 0.570. The van der Waals surface area contributed by atoms with Crippen LogP contribution in [0.3, 0.4) is 0 Å². The van der Waals surface area contributed by atoms with Gasteiger partial charge in [0.2, 0.25) is 0 Å². The minimum Gasteiger partial charge on any atom is -0.483 e. The van der Waals surface area contributed by atoms with Crippen molar-refractivity contribution in [2.75, 3.05) is 0 Å². The Labute approximate surface area is 104 Å². The van der Waals surface area contributed by atoms with Crippen LogP contribution in [0.25, 0.3) is 0 Å². The maximum atomic E-state index is 11.4. The average Bonchev–Trinajstić information content (AvgIpc) is 2.76. The third-order valence-corrected chi connectivity index (χ3v) is 3.77. The molecule has 0 bridgehead atoms. The first-order chi connectivity index (χ1) is 7.94. The van der Waals surface area contributed by atoms with Gasteiger partial charge in [0.25, 0.3) is 0 Å². The second kappa shape index (κ2) is 4.78. The Hall–Kier alpha value is -0.873. The van der Waals surface area contributed by atoms with E-state index in [0.717, 1.165) is 12.8 Å². The van der Waals surface area contributed by atoms with Gasteiger partial charge in [0.15, 0.2) is 19.9 Å². The molecule has 0 amide bonds. The van der Waals surface area contributed by atoms with Crippen molar-refractivity contribution < 1.29 is 14.0 Å². The van der Waals surface area contributed by atoms with Gasteiger partial charge in [0, 0.05) is 12.8 Å². The van der Waals surface area contributed by atoms with Crippen LogP contribution < -0.4 is 0 Å². The number of carbonyl (C=O) groups excluding carboxylic acids is 1. The van der Waals surface area contributed by atoms with Gasteiger partial charge in [-0.15, -0.1) is 0 Å². The summed E-state index contributed by atoms with van der Waals surface area (Å²) in [6.45, 7) is 6.54. The van der Waals surface area contributed by atoms with Crippen LogP contribution in [0.5, 0.6) is 0 Å². The summed E-state index contributed by atoms with van der Waals surface area (Å²) >= 11 is 0. The molecule has 2 rings (SSSR count). The summed E-state index contributed by atoms with van der Waals surface area (Å²) in [5.41, 5.74) is 0. The van der Waals surface area contributed by atoms with Crippen molar-refractivity contribution in [2.24, 2.45) is 0 Å². The zero-order valence-electron chi connectivity index (χ0n) is 10.7. The molecule has 0 radical (unpaired) electrons. The van der Waals surface area contributed by atoms with Gasteiger partial charge < -0.3 is 9.16 Å². The standard InChI is InChI=1S/C13H20O3Si/c1-17(2,3)16-11-8-7-10(9-11)15-13-6-4-5-12(13)14/h6-8,10-11H,4-5,9H2,1-3H3. The number of hydrogen-bond donors (Lipinski definition) is 0. The van der Waals surface area contributed by atoms with E-state index in [1.54, 1.807) is 0 Å². The summed E-state index contributed by atoms with van der Waals surface area (Å²) in [5, 5.41) is 0. The molecule has 2 aliphatic carbocycles. The smallest absolute Gasteiger partial charge is 0.197 e. The number of rotatable bonds is 4. The summed E-state index contributed by atoms with van der Waals surface area (Å²) in [6, 6.07) is 0. The first-order valence-electron chi connectivity index (χ1n) is 6.20. The van der Waals surface area contributed by atoms with E-state index in [9.17, 15) is 4.79 Å². The molecule has 0 aromatic rings. The molecule has 2 atom stereocenters. The second-order valence-corrected chi connectivity index (χ2v) is 10.0. The first-order valence-corrected chi connectivity index (χ1v) is 9.61. The number of hydrogen-bond acceptors (Lipinski definition) is 3. The van der Waals surface area contributed by atoms with Crippen LogP contribution in [-0.4, -0.2) is 26.3 Å². The summed E-state index contributed by atoms with van der Waals surface area (Å²) in [5.74, 6) is 0.682. The zero-order chi connectivity index (χ0) is 12.5. The topological polar surface area (TPSA) is 35.5 Å². The van der Waals surface area contributed by atoms with Crippen molar-refractivity contribution in [3.05, 3.63) is 24.0 Å². The Morgan fingerprint density at radius 1 is 1.24 bits per heavy atom. The highest BCUT2D eigenvalue weighted by atomic mass is 28.4. The lowest BCUT2D eigenvalue weighted by Crippen LogP contribution is -2.31. The van der Waals surface area contributed by atoms with Gasteiger partial charge in [-0.05, 0) is 38.2 Å². The molecular formula is C13H20O3Si. The molecule has 0 fully saturated rings. The third kappa shape index (κ3) is 3.54. The van der Waals surface area contributed by atoms with Crippen LogP contribution in [0.2, 0.25) is 19.6 Å². The molecule has 0 aromatic carbocycles. The van der Waals surface area contributed by atoms with Gasteiger partial charge in [-0.1, -0.05) is 6.08 Å². The first kappa shape index (κ1) is 12.6. The molecule has 2 aliphatic rings. The lowest BCUT2D eigenvalue weighted by molar-refractivity contribution is -0.118. The zero-order valence-corrected chi connectivity index (χ0v) is 11.7. The number of ether oxygens (including phenoxy) is 1. The van der Waals surface area contributed by atoms with Crippen LogP contribution in [0.1, 0.15) is 19.3 Å². The number of carbonyl (C=O) groups is 1. The largest absolute Gasteiger partial charge is 0.483 e. The van der Waals surface area contributed by atoms with E-state index in [-0.39, 0.29) is 18.0 Å². The van der Waals surface area contributed by atoms with Crippen molar-refractivity contribution >= 4 is 14.1 Å². The highest BCUT2D eigenvalue weighted by molar-refractivity contribution is 6.69. The van der Waals surface area contributed by atoms with Crippen molar-refractivity contribution in [2.45, 2.75) is 51.1 Å². The fourth-order valence-electron chi connectivity index (χ4n) is 2.11. The van der Waals surface area contributed by atoms with Crippen molar-refractivity contribution in [3.63, 3.8) is 0 Å². The molecule has 0 heterocycles. The molecule has 0 N–H and O–H groups in total. The molecule has 94 valence electrons. The van der Waals surface area contributed by atoms with E-state index < -0.39 is 8.32 Å². The maximum absolute atomic E-state index is 11.4. The highest BCUT2D eigenvalue weighted by Crippen LogP contribution is 2.25. The second-order valence-electron chi connectivity index (χ2n) is 5.58. The SMILES string of the molecule is C[Si](C)(C)OC1C=CC(OC2=CCCC2=O)C1. The van der Waals surface area contributed by atoms with Crippen LogP contribution >= 0.6 is 0 Å². The summed E-state index contributed by atoms with van der Waals surface area (Å²) < 4.78 is 11.7. The predicted molar refractivity (Wildman–Crippen MR) is 69.2 cm³/mol. The van der Waals surface area contributed by atoms with Gasteiger partial charge in [0.1, 0.15) is 6.10 Å². The number of allylic oxidation sites excluding steroid dienone is 2. The van der Waals surface area contributed by atoms with Crippen LogP contribution in [0.15, 0.2) is 24.0 Å². The van der Waals surface area contributed by atoms with E-state index in [0.29, 0.717) is 12.2 Å². The fraction of sp³-hybridized carbons (Fsp3) is 0.615. The molecule has 4 heteroatoms. The van der Waals surface area contributed by atoms with Crippen molar-refractivity contribution in [3.8, 4) is 0 Å². The lowest BCUT2D eigenvalue weighted by atomic mass is 10.3. The Bertz CT molecular complexity index is 365. The highest BCUT2D eigenvalue weighted by Gasteiger charge is 2.28. The van der Waals surface area contributed by atoms with E-state index in [1.165, 1.54) is 0 Å². The van der Waals surface area contributed by atoms with Crippen molar-refractivity contribution in [1.82, 2.24) is 0 Å². The summed E-state index contributed by atoms with van der Waals surface area (Å²) in [4.78, 5) is 11.4. The molecule has 0 aliphatic heterocycles. The normalized spacial score (nSPS) is 28.6. The average molecular weight is 252 g/mol. The van der Waals surface area contributed by atoms with E-state index in [4.69, 9.17) is 9.16 Å². The fourth-order valence-corrected chi connectivity index (χ4v) is 3.19. The molecule has 0 saturated carbocycles. The number of ketones is 1. The monoisotopic (exact) mass is 252 g/mol. The van der Waals surface area contributed by atoms with Gasteiger partial charge in [-0.3, -0.25) is 4.79 Å². The maximum Gasteiger partial charge on any atom is 0.197 e. The summed E-state index contributed by atoms with van der Waals surface area (Å²) in [7, 11) is -1.50. The minimum atomic E-state index is -1.50. The van der Waals surface area contributed by atoms with Crippen LogP contribution in [0, 0.1) is 0 Å². The molecule has 3 nitrogen and oxygen atoms in total. The Morgan fingerprint density at radius 2 is 1.94 bits per heavy atom. The molecule has 17 heavy (non-hydrogen) atoms. The molecule has 0 aromatic heterocycles. The van der Waals surface area contributed by atoms with Gasteiger partial charge >= 0.3 is 0 Å². The molecule has 0 saturated heterocycles. The number of Topliss-reactive ketones (excluding diaryl/α,β-unsaturated/α-hetero) is 1. The van der Waals surface area contributed by atoms with Crippen LogP contribution in [0.4, 0.5) is 0 Å². The van der Waals surface area contributed by atoms with Gasteiger partial charge in [-0.2, -0.15) is 0 Å². The minimum absolute atomic E-state index is 0.00431. The van der Waals surface area contributed by atoms with Crippen molar-refractivity contribution in [1.29, 1.82) is 0 Å². The molecular weight excluding hydrogens is 232 g/mol. The molecule has 0 spiro atoms. The van der Waals surface area contributed by atoms with Crippen LogP contribution in [-0.2, 0) is 14.0 Å².